The van der Waals surface area contributed by atoms with Crippen molar-refractivity contribution < 1.29 is 9.59 Å². The van der Waals surface area contributed by atoms with Crippen molar-refractivity contribution in [3.63, 3.8) is 0 Å². The van der Waals surface area contributed by atoms with E-state index in [9.17, 15) is 9.59 Å². The van der Waals surface area contributed by atoms with Gasteiger partial charge in [0.15, 0.2) is 0 Å². The third-order valence-corrected chi connectivity index (χ3v) is 5.23. The van der Waals surface area contributed by atoms with E-state index in [1.165, 1.54) is 0 Å². The summed E-state index contributed by atoms with van der Waals surface area (Å²) in [5.41, 5.74) is 2.45. The molecule has 2 heterocycles. The summed E-state index contributed by atoms with van der Waals surface area (Å²) >= 11 is 0. The minimum Gasteiger partial charge on any atom is -0.331 e. The SMILES string of the molecule is Cc1cc(C(=O)N2C3CCNCC2CC3)ccc1NC(=O)CC(C)C.Cl. The van der Waals surface area contributed by atoms with Crippen molar-refractivity contribution in [3.05, 3.63) is 29.3 Å². The summed E-state index contributed by atoms with van der Waals surface area (Å²) in [5.74, 6) is 0.474. The van der Waals surface area contributed by atoms with Gasteiger partial charge in [-0.1, -0.05) is 13.8 Å². The molecule has 6 heteroatoms. The van der Waals surface area contributed by atoms with Gasteiger partial charge in [0.05, 0.1) is 0 Å². The van der Waals surface area contributed by atoms with E-state index in [1.54, 1.807) is 0 Å². The van der Waals surface area contributed by atoms with Gasteiger partial charge in [-0.3, -0.25) is 9.59 Å². The smallest absolute Gasteiger partial charge is 0.254 e. The molecule has 2 atom stereocenters. The van der Waals surface area contributed by atoms with Crippen LogP contribution < -0.4 is 10.6 Å². The summed E-state index contributed by atoms with van der Waals surface area (Å²) in [6.45, 7) is 7.88. The van der Waals surface area contributed by atoms with E-state index in [2.05, 4.69) is 15.5 Å². The first-order chi connectivity index (χ1) is 12.0. The fourth-order valence-corrected chi connectivity index (χ4v) is 3.97. The largest absolute Gasteiger partial charge is 0.331 e. The van der Waals surface area contributed by atoms with Crippen LogP contribution in [-0.2, 0) is 4.79 Å². The maximum absolute atomic E-state index is 13.1. The molecule has 144 valence electrons. The highest BCUT2D eigenvalue weighted by Crippen LogP contribution is 2.30. The topological polar surface area (TPSA) is 61.4 Å². The molecule has 2 aliphatic heterocycles. The zero-order valence-electron chi connectivity index (χ0n) is 15.9. The second kappa shape index (κ2) is 8.87. The van der Waals surface area contributed by atoms with E-state index in [0.717, 1.165) is 49.2 Å². The summed E-state index contributed by atoms with van der Waals surface area (Å²) in [7, 11) is 0. The summed E-state index contributed by atoms with van der Waals surface area (Å²) in [6.07, 6.45) is 3.74. The Morgan fingerprint density at radius 1 is 1.23 bits per heavy atom. The summed E-state index contributed by atoms with van der Waals surface area (Å²) in [4.78, 5) is 27.1. The van der Waals surface area contributed by atoms with Crippen molar-refractivity contribution in [2.45, 2.75) is 58.5 Å². The second-order valence-corrected chi connectivity index (χ2v) is 7.77. The Morgan fingerprint density at radius 3 is 2.65 bits per heavy atom. The number of halogens is 1. The summed E-state index contributed by atoms with van der Waals surface area (Å²) in [6, 6.07) is 6.28. The van der Waals surface area contributed by atoms with Crippen LogP contribution in [0.25, 0.3) is 0 Å². The minimum atomic E-state index is 0. The van der Waals surface area contributed by atoms with Crippen LogP contribution in [0, 0.1) is 12.8 Å². The van der Waals surface area contributed by atoms with Gasteiger partial charge in [0.1, 0.15) is 0 Å². The van der Waals surface area contributed by atoms with Crippen molar-refractivity contribution >= 4 is 29.9 Å². The van der Waals surface area contributed by atoms with Crippen molar-refractivity contribution in [2.24, 2.45) is 5.92 Å². The average molecular weight is 380 g/mol. The monoisotopic (exact) mass is 379 g/mol. The van der Waals surface area contributed by atoms with E-state index >= 15 is 0 Å². The number of carbonyl (C=O) groups is 2. The Kier molecular flexibility index (Phi) is 7.07. The van der Waals surface area contributed by atoms with Crippen LogP contribution in [0.1, 0.15) is 55.5 Å². The second-order valence-electron chi connectivity index (χ2n) is 7.77. The highest BCUT2D eigenvalue weighted by atomic mass is 35.5. The Morgan fingerprint density at radius 2 is 1.96 bits per heavy atom. The predicted molar refractivity (Wildman–Crippen MR) is 107 cm³/mol. The van der Waals surface area contributed by atoms with Gasteiger partial charge in [-0.05, 0) is 62.4 Å². The van der Waals surface area contributed by atoms with Gasteiger partial charge >= 0.3 is 0 Å². The molecular formula is C20H30ClN3O2. The third kappa shape index (κ3) is 4.57. The van der Waals surface area contributed by atoms with Gasteiger partial charge in [0.25, 0.3) is 5.91 Å². The van der Waals surface area contributed by atoms with E-state index < -0.39 is 0 Å². The zero-order chi connectivity index (χ0) is 18.0. The number of rotatable bonds is 4. The highest BCUT2D eigenvalue weighted by molar-refractivity contribution is 5.97. The molecule has 0 radical (unpaired) electrons. The number of fused-ring (bicyclic) bond motifs is 2. The van der Waals surface area contributed by atoms with Gasteiger partial charge < -0.3 is 15.5 Å². The van der Waals surface area contributed by atoms with Crippen LogP contribution in [0.4, 0.5) is 5.69 Å². The standard InChI is InChI=1S/C20H29N3O2.ClH/c1-13(2)10-19(24)22-18-7-4-15(11-14(18)3)20(25)23-16-5-6-17(23)12-21-9-8-16;/h4,7,11,13,16-17,21H,5-6,8-10,12H2,1-3H3,(H,22,24);1H. The zero-order valence-corrected chi connectivity index (χ0v) is 16.7. The lowest BCUT2D eigenvalue weighted by Gasteiger charge is -2.28. The molecule has 26 heavy (non-hydrogen) atoms. The van der Waals surface area contributed by atoms with Gasteiger partial charge in [0, 0.05) is 36.3 Å². The Bertz CT molecular complexity index is 648. The predicted octanol–water partition coefficient (Wildman–Crippen LogP) is 3.37. The molecule has 2 fully saturated rings. The third-order valence-electron chi connectivity index (χ3n) is 5.23. The maximum atomic E-state index is 13.1. The number of hydrogen-bond donors (Lipinski definition) is 2. The molecule has 5 nitrogen and oxygen atoms in total. The van der Waals surface area contributed by atoms with Crippen LogP contribution in [-0.4, -0.2) is 41.9 Å². The van der Waals surface area contributed by atoms with Gasteiger partial charge in [-0.25, -0.2) is 0 Å². The number of amides is 2. The molecule has 1 aromatic rings. The number of anilines is 1. The lowest BCUT2D eigenvalue weighted by Crippen LogP contribution is -2.42. The Hall–Kier alpha value is -1.59. The number of hydrogen-bond acceptors (Lipinski definition) is 3. The lowest BCUT2D eigenvalue weighted by molar-refractivity contribution is -0.116. The number of carbonyl (C=O) groups excluding carboxylic acids is 2. The molecule has 0 aromatic heterocycles. The van der Waals surface area contributed by atoms with E-state index in [1.807, 2.05) is 39.0 Å². The van der Waals surface area contributed by atoms with Crippen LogP contribution in [0.15, 0.2) is 18.2 Å². The summed E-state index contributed by atoms with van der Waals surface area (Å²) < 4.78 is 0. The van der Waals surface area contributed by atoms with Crippen LogP contribution >= 0.6 is 12.4 Å². The van der Waals surface area contributed by atoms with Crippen molar-refractivity contribution in [3.8, 4) is 0 Å². The molecule has 1 aromatic carbocycles. The van der Waals surface area contributed by atoms with Crippen LogP contribution in [0.3, 0.4) is 0 Å². The molecule has 2 aliphatic rings. The van der Waals surface area contributed by atoms with Crippen LogP contribution in [0.5, 0.6) is 0 Å². The van der Waals surface area contributed by atoms with Crippen molar-refractivity contribution in [1.29, 1.82) is 0 Å². The fraction of sp³-hybridized carbons (Fsp3) is 0.600. The first kappa shape index (κ1) is 20.7. The molecule has 0 aliphatic carbocycles. The number of benzene rings is 1. The Labute approximate surface area is 162 Å². The molecule has 2 amide bonds. The molecule has 0 spiro atoms. The molecule has 2 N–H and O–H groups in total. The van der Waals surface area contributed by atoms with Gasteiger partial charge in [0.2, 0.25) is 5.91 Å². The van der Waals surface area contributed by atoms with Crippen LogP contribution in [0.2, 0.25) is 0 Å². The number of nitrogens with zero attached hydrogens (tertiary/aromatic N) is 1. The first-order valence-electron chi connectivity index (χ1n) is 9.39. The number of aryl methyl sites for hydroxylation is 1. The first-order valence-corrected chi connectivity index (χ1v) is 9.39. The molecule has 0 saturated carbocycles. The van der Waals surface area contributed by atoms with Gasteiger partial charge in [-0.15, -0.1) is 12.4 Å². The quantitative estimate of drug-likeness (QED) is 0.843. The van der Waals surface area contributed by atoms with Gasteiger partial charge in [-0.2, -0.15) is 0 Å². The molecule has 3 rings (SSSR count). The van der Waals surface area contributed by atoms with Crippen molar-refractivity contribution in [1.82, 2.24) is 10.2 Å². The molecule has 2 bridgehead atoms. The highest BCUT2D eigenvalue weighted by Gasteiger charge is 2.38. The van der Waals surface area contributed by atoms with E-state index in [0.29, 0.717) is 24.4 Å². The Balaban J connectivity index is 0.00000243. The van der Waals surface area contributed by atoms with E-state index in [-0.39, 0.29) is 24.2 Å². The maximum Gasteiger partial charge on any atom is 0.254 e. The normalized spacial score (nSPS) is 21.9. The lowest BCUT2D eigenvalue weighted by atomic mass is 10.1. The fourth-order valence-electron chi connectivity index (χ4n) is 3.97. The average Bonchev–Trinajstić information content (AvgIpc) is 2.80. The van der Waals surface area contributed by atoms with Crippen molar-refractivity contribution in [2.75, 3.05) is 18.4 Å². The molecular weight excluding hydrogens is 350 g/mol. The molecule has 2 saturated heterocycles. The van der Waals surface area contributed by atoms with E-state index in [4.69, 9.17) is 0 Å². The minimum absolute atomic E-state index is 0. The summed E-state index contributed by atoms with van der Waals surface area (Å²) in [5, 5.41) is 6.38. The molecule has 2 unspecified atom stereocenters. The number of nitrogens with one attached hydrogen (secondary N) is 2.